The van der Waals surface area contributed by atoms with Gasteiger partial charge in [0.05, 0.1) is 18.2 Å². The van der Waals surface area contributed by atoms with Crippen molar-refractivity contribution in [3.8, 4) is 5.75 Å². The number of ether oxygens (including phenoxy) is 1. The highest BCUT2D eigenvalue weighted by Crippen LogP contribution is 2.20. The van der Waals surface area contributed by atoms with Gasteiger partial charge in [0.1, 0.15) is 16.9 Å². The van der Waals surface area contributed by atoms with Crippen molar-refractivity contribution in [2.24, 2.45) is 5.10 Å². The first kappa shape index (κ1) is 17.4. The van der Waals surface area contributed by atoms with Crippen molar-refractivity contribution in [1.82, 2.24) is 9.66 Å². The zero-order chi connectivity index (χ0) is 17.6. The minimum atomic E-state index is -0.142. The summed E-state index contributed by atoms with van der Waals surface area (Å²) >= 11 is 1.55. The molecular weight excluding hydrogens is 334 g/mol. The first-order chi connectivity index (χ1) is 12.2. The molecule has 6 heteroatoms. The van der Waals surface area contributed by atoms with Gasteiger partial charge in [0.2, 0.25) is 0 Å². The summed E-state index contributed by atoms with van der Waals surface area (Å²) < 4.78 is 6.91. The van der Waals surface area contributed by atoms with E-state index in [4.69, 9.17) is 4.74 Å². The third kappa shape index (κ3) is 4.14. The maximum absolute atomic E-state index is 12.5. The standard InChI is InChI=1S/C19H21N3O2S/c1-3-5-10-24-15-8-6-14(7-9-15)12-21-22-13-20-18-17(19(22)23)11-16(4-2)25-18/h6-9,11-13H,3-5,10H2,1-2H3/b21-12-. The molecule has 0 amide bonds. The molecule has 1 aromatic carbocycles. The molecule has 0 bridgehead atoms. The maximum Gasteiger partial charge on any atom is 0.282 e. The second kappa shape index (κ2) is 8.07. The van der Waals surface area contributed by atoms with Gasteiger partial charge in [-0.25, -0.2) is 4.98 Å². The molecule has 0 spiro atoms. The summed E-state index contributed by atoms with van der Waals surface area (Å²) in [4.78, 5) is 18.7. The molecule has 3 rings (SSSR count). The van der Waals surface area contributed by atoms with E-state index in [1.54, 1.807) is 17.6 Å². The SMILES string of the molecule is CCCCOc1ccc(/C=N\n2cnc3sc(CC)cc3c2=O)cc1. The molecule has 2 aromatic heterocycles. The van der Waals surface area contributed by atoms with Gasteiger partial charge in [-0.2, -0.15) is 9.78 Å². The van der Waals surface area contributed by atoms with Crippen molar-refractivity contribution in [3.63, 3.8) is 0 Å². The van der Waals surface area contributed by atoms with E-state index in [1.807, 2.05) is 30.3 Å². The van der Waals surface area contributed by atoms with Gasteiger partial charge in [-0.1, -0.05) is 20.3 Å². The highest BCUT2D eigenvalue weighted by atomic mass is 32.1. The molecular formula is C19H21N3O2S. The number of benzene rings is 1. The van der Waals surface area contributed by atoms with E-state index in [9.17, 15) is 4.79 Å². The van der Waals surface area contributed by atoms with Crippen molar-refractivity contribution in [1.29, 1.82) is 0 Å². The minimum Gasteiger partial charge on any atom is -0.494 e. The molecule has 0 aliphatic rings. The number of nitrogens with zero attached hydrogens (tertiary/aromatic N) is 3. The lowest BCUT2D eigenvalue weighted by atomic mass is 10.2. The van der Waals surface area contributed by atoms with Crippen molar-refractivity contribution in [2.45, 2.75) is 33.1 Å². The Kier molecular flexibility index (Phi) is 5.60. The Morgan fingerprint density at radius 3 is 2.80 bits per heavy atom. The monoisotopic (exact) mass is 355 g/mol. The van der Waals surface area contributed by atoms with Gasteiger partial charge in [0, 0.05) is 4.88 Å². The van der Waals surface area contributed by atoms with Gasteiger partial charge in [-0.3, -0.25) is 4.79 Å². The van der Waals surface area contributed by atoms with E-state index in [1.165, 1.54) is 11.0 Å². The highest BCUT2D eigenvalue weighted by Gasteiger charge is 2.07. The summed E-state index contributed by atoms with van der Waals surface area (Å²) in [6.07, 6.45) is 6.18. The van der Waals surface area contributed by atoms with Crippen LogP contribution in [0.2, 0.25) is 0 Å². The molecule has 0 aliphatic carbocycles. The molecule has 0 radical (unpaired) electrons. The van der Waals surface area contributed by atoms with Gasteiger partial charge < -0.3 is 4.74 Å². The van der Waals surface area contributed by atoms with Crippen molar-refractivity contribution in [3.05, 3.63) is 57.5 Å². The van der Waals surface area contributed by atoms with Gasteiger partial charge in [-0.15, -0.1) is 11.3 Å². The summed E-state index contributed by atoms with van der Waals surface area (Å²) in [5.41, 5.74) is 0.756. The van der Waals surface area contributed by atoms with Crippen LogP contribution in [0.25, 0.3) is 10.2 Å². The van der Waals surface area contributed by atoms with Crippen LogP contribution in [-0.2, 0) is 6.42 Å². The van der Waals surface area contributed by atoms with E-state index in [0.717, 1.165) is 46.9 Å². The molecule has 0 unspecified atom stereocenters. The normalized spacial score (nSPS) is 11.4. The summed E-state index contributed by atoms with van der Waals surface area (Å²) in [6, 6.07) is 9.56. The van der Waals surface area contributed by atoms with Crippen LogP contribution < -0.4 is 10.3 Å². The lowest BCUT2D eigenvalue weighted by Gasteiger charge is -2.04. The predicted molar refractivity (Wildman–Crippen MR) is 103 cm³/mol. The Balaban J connectivity index is 1.76. The lowest BCUT2D eigenvalue weighted by Crippen LogP contribution is -2.16. The maximum atomic E-state index is 12.5. The van der Waals surface area contributed by atoms with Crippen LogP contribution in [0.1, 0.15) is 37.1 Å². The van der Waals surface area contributed by atoms with Crippen LogP contribution in [0, 0.1) is 0 Å². The lowest BCUT2D eigenvalue weighted by molar-refractivity contribution is 0.309. The summed E-state index contributed by atoms with van der Waals surface area (Å²) in [5, 5.41) is 4.87. The van der Waals surface area contributed by atoms with Crippen LogP contribution in [-0.4, -0.2) is 22.5 Å². The zero-order valence-electron chi connectivity index (χ0n) is 14.4. The fourth-order valence-electron chi connectivity index (χ4n) is 2.33. The molecule has 3 aromatic rings. The Morgan fingerprint density at radius 2 is 2.08 bits per heavy atom. The number of hydrogen-bond acceptors (Lipinski definition) is 5. The number of aryl methyl sites for hydroxylation is 1. The van der Waals surface area contributed by atoms with E-state index in [0.29, 0.717) is 5.39 Å². The molecule has 0 fully saturated rings. The fraction of sp³-hybridized carbons (Fsp3) is 0.316. The molecule has 130 valence electrons. The molecule has 0 N–H and O–H groups in total. The molecule has 5 nitrogen and oxygen atoms in total. The second-order valence-electron chi connectivity index (χ2n) is 5.70. The smallest absolute Gasteiger partial charge is 0.282 e. The second-order valence-corrected chi connectivity index (χ2v) is 6.81. The molecule has 0 atom stereocenters. The number of rotatable bonds is 7. The van der Waals surface area contributed by atoms with Gasteiger partial charge in [0.15, 0.2) is 0 Å². The average molecular weight is 355 g/mol. The van der Waals surface area contributed by atoms with Crippen molar-refractivity contribution in [2.75, 3.05) is 6.61 Å². The number of aromatic nitrogens is 2. The Labute approximate surface area is 150 Å². The summed E-state index contributed by atoms with van der Waals surface area (Å²) in [7, 11) is 0. The van der Waals surface area contributed by atoms with Crippen LogP contribution in [0.4, 0.5) is 0 Å². The summed E-state index contributed by atoms with van der Waals surface area (Å²) in [6.45, 7) is 4.93. The quantitative estimate of drug-likeness (QED) is 0.474. The molecule has 0 saturated heterocycles. The van der Waals surface area contributed by atoms with E-state index in [-0.39, 0.29) is 5.56 Å². The van der Waals surface area contributed by atoms with Crippen molar-refractivity contribution < 1.29 is 4.74 Å². The van der Waals surface area contributed by atoms with Gasteiger partial charge in [0.25, 0.3) is 5.56 Å². The third-order valence-corrected chi connectivity index (χ3v) is 5.00. The summed E-state index contributed by atoms with van der Waals surface area (Å²) in [5.74, 6) is 0.844. The molecule has 2 heterocycles. The van der Waals surface area contributed by atoms with Crippen LogP contribution in [0.3, 0.4) is 0 Å². The highest BCUT2D eigenvalue weighted by molar-refractivity contribution is 7.18. The minimum absolute atomic E-state index is 0.142. The predicted octanol–water partition coefficient (Wildman–Crippen LogP) is 4.08. The Hall–Kier alpha value is -2.47. The Bertz CT molecular complexity index is 926. The van der Waals surface area contributed by atoms with Crippen LogP contribution in [0.15, 0.2) is 46.6 Å². The van der Waals surface area contributed by atoms with Crippen LogP contribution >= 0.6 is 11.3 Å². The first-order valence-electron chi connectivity index (χ1n) is 8.48. The molecule has 0 aliphatic heterocycles. The number of unbranched alkanes of at least 4 members (excludes halogenated alkanes) is 1. The number of hydrogen-bond donors (Lipinski definition) is 0. The van der Waals surface area contributed by atoms with Gasteiger partial charge >= 0.3 is 0 Å². The topological polar surface area (TPSA) is 56.5 Å². The van der Waals surface area contributed by atoms with E-state index in [2.05, 4.69) is 23.9 Å². The third-order valence-electron chi connectivity index (χ3n) is 3.81. The molecule has 25 heavy (non-hydrogen) atoms. The van der Waals surface area contributed by atoms with Crippen LogP contribution in [0.5, 0.6) is 5.75 Å². The average Bonchev–Trinajstić information content (AvgIpc) is 3.07. The number of thiophene rings is 1. The van der Waals surface area contributed by atoms with E-state index >= 15 is 0 Å². The van der Waals surface area contributed by atoms with E-state index < -0.39 is 0 Å². The van der Waals surface area contributed by atoms with Crippen molar-refractivity contribution >= 4 is 27.8 Å². The fourth-order valence-corrected chi connectivity index (χ4v) is 3.26. The molecule has 0 saturated carbocycles. The zero-order valence-corrected chi connectivity index (χ0v) is 15.3. The number of fused-ring (bicyclic) bond motifs is 1. The first-order valence-corrected chi connectivity index (χ1v) is 9.30. The van der Waals surface area contributed by atoms with Gasteiger partial charge in [-0.05, 0) is 48.7 Å². The largest absolute Gasteiger partial charge is 0.494 e. The Morgan fingerprint density at radius 1 is 1.28 bits per heavy atom.